The van der Waals surface area contributed by atoms with Crippen molar-refractivity contribution in [3.63, 3.8) is 0 Å². The normalized spacial score (nSPS) is 12.0. The van der Waals surface area contributed by atoms with Crippen LogP contribution in [0.3, 0.4) is 0 Å². The number of carbonyl (C=O) groups is 1. The van der Waals surface area contributed by atoms with Gasteiger partial charge in [0, 0.05) is 5.56 Å². The highest BCUT2D eigenvalue weighted by molar-refractivity contribution is 9.09. The van der Waals surface area contributed by atoms with Gasteiger partial charge < -0.3 is 9.47 Å². The maximum atomic E-state index is 11.6. The molecule has 0 aliphatic heterocycles. The van der Waals surface area contributed by atoms with Gasteiger partial charge in [0.25, 0.3) is 0 Å². The molecule has 0 saturated carbocycles. The summed E-state index contributed by atoms with van der Waals surface area (Å²) in [6.07, 6.45) is 0.998. The van der Waals surface area contributed by atoms with Gasteiger partial charge in [-0.3, -0.25) is 4.79 Å². The van der Waals surface area contributed by atoms with Crippen LogP contribution in [0.5, 0.6) is 11.5 Å². The minimum atomic E-state index is 0.0293. The summed E-state index contributed by atoms with van der Waals surface area (Å²) in [7, 11) is 1.59. The molecule has 1 aromatic rings. The fourth-order valence-corrected chi connectivity index (χ4v) is 1.64. The van der Waals surface area contributed by atoms with E-state index in [-0.39, 0.29) is 11.9 Å². The Hall–Kier alpha value is -1.03. The van der Waals surface area contributed by atoms with Crippen molar-refractivity contribution in [2.24, 2.45) is 0 Å². The van der Waals surface area contributed by atoms with Gasteiger partial charge in [-0.15, -0.1) is 0 Å². The summed E-state index contributed by atoms with van der Waals surface area (Å²) in [6, 6.07) is 5.23. The Morgan fingerprint density at radius 2 is 2.12 bits per heavy atom. The summed E-state index contributed by atoms with van der Waals surface area (Å²) >= 11 is 3.15. The maximum absolute atomic E-state index is 11.6. The van der Waals surface area contributed by atoms with Gasteiger partial charge in [0.05, 0.1) is 18.5 Å². The smallest absolute Gasteiger partial charge is 0.173 e. The number of rotatable bonds is 6. The zero-order chi connectivity index (χ0) is 12.8. The molecule has 0 aliphatic rings. The number of halogens is 1. The highest BCUT2D eigenvalue weighted by Gasteiger charge is 2.12. The monoisotopic (exact) mass is 300 g/mol. The molecular weight excluding hydrogens is 284 g/mol. The molecule has 0 radical (unpaired) electrons. The lowest BCUT2D eigenvalue weighted by atomic mass is 10.1. The van der Waals surface area contributed by atoms with E-state index < -0.39 is 0 Å². The van der Waals surface area contributed by atoms with Crippen LogP contribution in [0.15, 0.2) is 18.2 Å². The Labute approximate surface area is 110 Å². The topological polar surface area (TPSA) is 35.5 Å². The summed E-state index contributed by atoms with van der Waals surface area (Å²) < 4.78 is 10.9. The van der Waals surface area contributed by atoms with Gasteiger partial charge in [-0.1, -0.05) is 22.9 Å². The molecule has 0 aliphatic carbocycles. The van der Waals surface area contributed by atoms with E-state index in [4.69, 9.17) is 9.47 Å². The number of hydrogen-bond donors (Lipinski definition) is 0. The number of benzene rings is 1. The first-order chi connectivity index (χ1) is 8.12. The number of alkyl halides is 1. The van der Waals surface area contributed by atoms with Crippen LogP contribution in [0, 0.1) is 0 Å². The van der Waals surface area contributed by atoms with E-state index in [0.717, 1.165) is 6.42 Å². The Morgan fingerprint density at radius 1 is 1.41 bits per heavy atom. The van der Waals surface area contributed by atoms with E-state index in [9.17, 15) is 4.79 Å². The van der Waals surface area contributed by atoms with Crippen LogP contribution in [0.4, 0.5) is 0 Å². The van der Waals surface area contributed by atoms with Crippen molar-refractivity contribution in [2.45, 2.75) is 26.4 Å². The molecule has 0 aromatic heterocycles. The molecule has 3 nitrogen and oxygen atoms in total. The zero-order valence-corrected chi connectivity index (χ0v) is 11.9. The highest BCUT2D eigenvalue weighted by atomic mass is 79.9. The van der Waals surface area contributed by atoms with Crippen LogP contribution in [0.1, 0.15) is 30.6 Å². The average Bonchev–Trinajstić information content (AvgIpc) is 2.37. The third kappa shape index (κ3) is 3.73. The van der Waals surface area contributed by atoms with Crippen molar-refractivity contribution < 1.29 is 14.3 Å². The third-order valence-electron chi connectivity index (χ3n) is 2.51. The van der Waals surface area contributed by atoms with Gasteiger partial charge in [-0.2, -0.15) is 0 Å². The standard InChI is InChI=1S/C13H17BrO3/c1-4-9(2)17-13-7-10(11(15)8-14)5-6-12(13)16-3/h5-7,9H,4,8H2,1-3H3. The van der Waals surface area contributed by atoms with E-state index in [1.807, 2.05) is 13.8 Å². The molecular formula is C13H17BrO3. The molecule has 1 atom stereocenters. The molecule has 17 heavy (non-hydrogen) atoms. The molecule has 0 N–H and O–H groups in total. The number of ketones is 1. The third-order valence-corrected chi connectivity index (χ3v) is 3.02. The zero-order valence-electron chi connectivity index (χ0n) is 10.3. The van der Waals surface area contributed by atoms with Crippen LogP contribution >= 0.6 is 15.9 Å². The summed E-state index contributed by atoms with van der Waals surface area (Å²) in [5, 5.41) is 0.308. The predicted octanol–water partition coefficient (Wildman–Crippen LogP) is 3.45. The first-order valence-corrected chi connectivity index (χ1v) is 6.68. The van der Waals surface area contributed by atoms with Gasteiger partial charge in [-0.25, -0.2) is 0 Å². The number of Topliss-reactive ketones (excluding diaryl/α,β-unsaturated/α-hetero) is 1. The molecule has 1 unspecified atom stereocenters. The number of ether oxygens (including phenoxy) is 2. The Balaban J connectivity index is 3.02. The highest BCUT2D eigenvalue weighted by Crippen LogP contribution is 2.29. The average molecular weight is 301 g/mol. The Morgan fingerprint density at radius 3 is 2.65 bits per heavy atom. The van der Waals surface area contributed by atoms with E-state index >= 15 is 0 Å². The lowest BCUT2D eigenvalue weighted by molar-refractivity contribution is 0.102. The Kier molecular flexibility index (Phi) is 5.48. The van der Waals surface area contributed by atoms with E-state index in [1.165, 1.54) is 0 Å². The molecule has 0 amide bonds. The molecule has 1 rings (SSSR count). The van der Waals surface area contributed by atoms with Crippen LogP contribution < -0.4 is 9.47 Å². The Bertz CT molecular complexity index is 390. The molecule has 0 fully saturated rings. The SMILES string of the molecule is CCC(C)Oc1cc(C(=O)CBr)ccc1OC. The quantitative estimate of drug-likeness (QED) is 0.596. The largest absolute Gasteiger partial charge is 0.493 e. The first kappa shape index (κ1) is 14.0. The van der Waals surface area contributed by atoms with Gasteiger partial charge in [0.2, 0.25) is 0 Å². The van der Waals surface area contributed by atoms with Crippen LogP contribution in [-0.2, 0) is 0 Å². The summed E-state index contributed by atoms with van der Waals surface area (Å²) in [5.41, 5.74) is 0.626. The van der Waals surface area contributed by atoms with Crippen LogP contribution in [0.2, 0.25) is 0 Å². The second-order valence-electron chi connectivity index (χ2n) is 3.76. The van der Waals surface area contributed by atoms with Crippen molar-refractivity contribution in [3.8, 4) is 11.5 Å². The minimum absolute atomic E-state index is 0.0293. The number of carbonyl (C=O) groups excluding carboxylic acids is 1. The van der Waals surface area contributed by atoms with Crippen molar-refractivity contribution in [1.82, 2.24) is 0 Å². The van der Waals surface area contributed by atoms with E-state index in [2.05, 4.69) is 15.9 Å². The first-order valence-electron chi connectivity index (χ1n) is 5.56. The molecule has 1 aromatic carbocycles. The molecule has 0 heterocycles. The maximum Gasteiger partial charge on any atom is 0.173 e. The molecule has 0 spiro atoms. The summed E-state index contributed by atoms with van der Waals surface area (Å²) in [6.45, 7) is 4.03. The number of hydrogen-bond acceptors (Lipinski definition) is 3. The van der Waals surface area contributed by atoms with Crippen LogP contribution in [0.25, 0.3) is 0 Å². The van der Waals surface area contributed by atoms with Gasteiger partial charge in [-0.05, 0) is 31.5 Å². The van der Waals surface area contributed by atoms with Crippen molar-refractivity contribution >= 4 is 21.7 Å². The second kappa shape index (κ2) is 6.64. The summed E-state index contributed by atoms with van der Waals surface area (Å²) in [4.78, 5) is 11.6. The van der Waals surface area contributed by atoms with E-state index in [0.29, 0.717) is 22.4 Å². The fraction of sp³-hybridized carbons (Fsp3) is 0.462. The van der Waals surface area contributed by atoms with Crippen molar-refractivity contribution in [2.75, 3.05) is 12.4 Å². The molecule has 0 saturated heterocycles. The van der Waals surface area contributed by atoms with Crippen LogP contribution in [-0.4, -0.2) is 24.3 Å². The second-order valence-corrected chi connectivity index (χ2v) is 4.32. The fourth-order valence-electron chi connectivity index (χ4n) is 1.32. The molecule has 4 heteroatoms. The minimum Gasteiger partial charge on any atom is -0.493 e. The predicted molar refractivity (Wildman–Crippen MR) is 71.5 cm³/mol. The van der Waals surface area contributed by atoms with Gasteiger partial charge >= 0.3 is 0 Å². The van der Waals surface area contributed by atoms with E-state index in [1.54, 1.807) is 25.3 Å². The lowest BCUT2D eigenvalue weighted by Crippen LogP contribution is -2.11. The van der Waals surface area contributed by atoms with Gasteiger partial charge in [0.15, 0.2) is 17.3 Å². The lowest BCUT2D eigenvalue weighted by Gasteiger charge is -2.16. The number of methoxy groups -OCH3 is 1. The van der Waals surface area contributed by atoms with Crippen molar-refractivity contribution in [1.29, 1.82) is 0 Å². The van der Waals surface area contributed by atoms with Gasteiger partial charge in [0.1, 0.15) is 0 Å². The summed E-state index contributed by atoms with van der Waals surface area (Å²) in [5.74, 6) is 1.30. The molecule has 0 bridgehead atoms. The van der Waals surface area contributed by atoms with Crippen molar-refractivity contribution in [3.05, 3.63) is 23.8 Å². The molecule has 94 valence electrons.